The van der Waals surface area contributed by atoms with E-state index < -0.39 is 9.84 Å². The molecule has 0 aliphatic carbocycles. The molecular formula is C15H24N2O2S. The van der Waals surface area contributed by atoms with Crippen molar-refractivity contribution in [3.63, 3.8) is 0 Å². The quantitative estimate of drug-likeness (QED) is 0.923. The van der Waals surface area contributed by atoms with Crippen LogP contribution in [0.3, 0.4) is 0 Å². The summed E-state index contributed by atoms with van der Waals surface area (Å²) >= 11 is 0. The first-order valence-electron chi connectivity index (χ1n) is 7.27. The van der Waals surface area contributed by atoms with Gasteiger partial charge in [0.1, 0.15) is 0 Å². The van der Waals surface area contributed by atoms with Gasteiger partial charge < -0.3 is 10.6 Å². The van der Waals surface area contributed by atoms with E-state index in [9.17, 15) is 8.42 Å². The number of hydrogen-bond acceptors (Lipinski definition) is 4. The number of sulfone groups is 1. The summed E-state index contributed by atoms with van der Waals surface area (Å²) in [5.41, 5.74) is 7.09. The lowest BCUT2D eigenvalue weighted by molar-refractivity contribution is 0.364. The normalized spacial score (nSPS) is 21.8. The van der Waals surface area contributed by atoms with Gasteiger partial charge in [0, 0.05) is 24.8 Å². The summed E-state index contributed by atoms with van der Waals surface area (Å²) in [5, 5.41) is 0. The summed E-state index contributed by atoms with van der Waals surface area (Å²) in [6.07, 6.45) is 2.32. The second kappa shape index (κ2) is 6.14. The number of nitrogens with two attached hydrogens (primary N) is 1. The summed E-state index contributed by atoms with van der Waals surface area (Å²) in [6.45, 7) is 5.70. The third-order valence-corrected chi connectivity index (χ3v) is 5.89. The summed E-state index contributed by atoms with van der Waals surface area (Å²) in [5.74, 6) is 0.658. The van der Waals surface area contributed by atoms with Crippen LogP contribution in [0.5, 0.6) is 0 Å². The predicted octanol–water partition coefficient (Wildman–Crippen LogP) is 2.04. The van der Waals surface area contributed by atoms with E-state index in [4.69, 9.17) is 5.73 Å². The Labute approximate surface area is 121 Å². The highest BCUT2D eigenvalue weighted by molar-refractivity contribution is 7.91. The molecule has 2 atom stereocenters. The van der Waals surface area contributed by atoms with E-state index in [1.165, 1.54) is 6.42 Å². The molecule has 1 aromatic carbocycles. The van der Waals surface area contributed by atoms with Crippen LogP contribution in [0.15, 0.2) is 29.2 Å². The molecule has 112 valence electrons. The molecule has 0 spiro atoms. The van der Waals surface area contributed by atoms with E-state index in [0.717, 1.165) is 25.2 Å². The molecule has 1 saturated heterocycles. The van der Waals surface area contributed by atoms with E-state index in [0.29, 0.717) is 10.8 Å². The van der Waals surface area contributed by atoms with Gasteiger partial charge in [-0.1, -0.05) is 6.92 Å². The number of nitrogens with zero attached hydrogens (tertiary/aromatic N) is 1. The Bertz CT molecular complexity index is 537. The fourth-order valence-corrected chi connectivity index (χ4v) is 3.59. The Balaban J connectivity index is 2.14. The van der Waals surface area contributed by atoms with E-state index >= 15 is 0 Å². The van der Waals surface area contributed by atoms with Crippen LogP contribution in [0.25, 0.3) is 0 Å². The van der Waals surface area contributed by atoms with Crippen LogP contribution in [-0.2, 0) is 9.84 Å². The first-order valence-corrected chi connectivity index (χ1v) is 8.92. The molecule has 0 radical (unpaired) electrons. The average molecular weight is 296 g/mol. The van der Waals surface area contributed by atoms with Crippen LogP contribution in [0.4, 0.5) is 5.69 Å². The van der Waals surface area contributed by atoms with Gasteiger partial charge in [-0.2, -0.15) is 0 Å². The molecule has 2 rings (SSSR count). The lowest BCUT2D eigenvalue weighted by Crippen LogP contribution is -2.42. The highest BCUT2D eigenvalue weighted by Gasteiger charge is 2.23. The van der Waals surface area contributed by atoms with Gasteiger partial charge in [-0.15, -0.1) is 0 Å². The first-order chi connectivity index (χ1) is 9.44. The van der Waals surface area contributed by atoms with Crippen molar-refractivity contribution in [3.05, 3.63) is 24.3 Å². The van der Waals surface area contributed by atoms with Gasteiger partial charge in [-0.05, 0) is 49.9 Å². The fourth-order valence-electron chi connectivity index (χ4n) is 2.70. The van der Waals surface area contributed by atoms with Gasteiger partial charge in [0.15, 0.2) is 9.84 Å². The molecule has 2 N–H and O–H groups in total. The van der Waals surface area contributed by atoms with Gasteiger partial charge >= 0.3 is 0 Å². The minimum Gasteiger partial charge on any atom is -0.371 e. The first kappa shape index (κ1) is 15.3. The molecule has 0 bridgehead atoms. The maximum atomic E-state index is 11.8. The van der Waals surface area contributed by atoms with Crippen molar-refractivity contribution in [1.82, 2.24) is 0 Å². The van der Waals surface area contributed by atoms with Gasteiger partial charge in [0.25, 0.3) is 0 Å². The molecule has 2 unspecified atom stereocenters. The summed E-state index contributed by atoms with van der Waals surface area (Å²) in [4.78, 5) is 2.71. The van der Waals surface area contributed by atoms with Gasteiger partial charge in [0.2, 0.25) is 0 Å². The molecule has 1 fully saturated rings. The van der Waals surface area contributed by atoms with Crippen LogP contribution in [0, 0.1) is 5.92 Å². The van der Waals surface area contributed by atoms with Crippen molar-refractivity contribution in [3.8, 4) is 0 Å². The molecule has 1 aliphatic rings. The van der Waals surface area contributed by atoms with Gasteiger partial charge in [0.05, 0.1) is 10.6 Å². The Morgan fingerprint density at radius 3 is 2.55 bits per heavy atom. The van der Waals surface area contributed by atoms with Crippen LogP contribution >= 0.6 is 0 Å². The van der Waals surface area contributed by atoms with Crippen molar-refractivity contribution < 1.29 is 8.42 Å². The summed E-state index contributed by atoms with van der Waals surface area (Å²) in [6, 6.07) is 7.45. The van der Waals surface area contributed by atoms with Crippen molar-refractivity contribution in [1.29, 1.82) is 0 Å². The zero-order valence-corrected chi connectivity index (χ0v) is 13.1. The van der Waals surface area contributed by atoms with Crippen LogP contribution in [0.2, 0.25) is 0 Å². The van der Waals surface area contributed by atoms with Crippen molar-refractivity contribution in [2.45, 2.75) is 37.6 Å². The number of hydrogen-bond donors (Lipinski definition) is 1. The maximum Gasteiger partial charge on any atom is 0.178 e. The lowest BCUT2D eigenvalue weighted by Gasteiger charge is -2.36. The van der Waals surface area contributed by atoms with Crippen LogP contribution in [0.1, 0.15) is 26.7 Å². The second-order valence-corrected chi connectivity index (χ2v) is 7.88. The van der Waals surface area contributed by atoms with E-state index in [-0.39, 0.29) is 11.8 Å². The molecule has 4 nitrogen and oxygen atoms in total. The standard InChI is InChI=1S/C15H24N2O2S/c1-3-20(18,19)15-8-6-14(7-9-15)17-10-4-5-13(11-17)12(2)16/h6-9,12-13H,3-5,10-11,16H2,1-2H3. The number of rotatable bonds is 4. The zero-order valence-electron chi connectivity index (χ0n) is 12.2. The molecule has 0 aromatic heterocycles. The second-order valence-electron chi connectivity index (χ2n) is 5.60. The number of piperidine rings is 1. The van der Waals surface area contributed by atoms with Gasteiger partial charge in [-0.3, -0.25) is 0 Å². The molecule has 0 saturated carbocycles. The number of anilines is 1. The molecule has 1 heterocycles. The monoisotopic (exact) mass is 296 g/mol. The van der Waals surface area contributed by atoms with E-state index in [2.05, 4.69) is 11.8 Å². The largest absolute Gasteiger partial charge is 0.371 e. The Morgan fingerprint density at radius 1 is 1.35 bits per heavy atom. The smallest absolute Gasteiger partial charge is 0.178 e. The minimum absolute atomic E-state index is 0.142. The Morgan fingerprint density at radius 2 is 2.00 bits per heavy atom. The third kappa shape index (κ3) is 3.33. The third-order valence-electron chi connectivity index (χ3n) is 4.14. The van der Waals surface area contributed by atoms with E-state index in [1.807, 2.05) is 12.1 Å². The highest BCUT2D eigenvalue weighted by atomic mass is 32.2. The fraction of sp³-hybridized carbons (Fsp3) is 0.600. The average Bonchev–Trinajstić information content (AvgIpc) is 2.47. The molecular weight excluding hydrogens is 272 g/mol. The van der Waals surface area contributed by atoms with Gasteiger partial charge in [-0.25, -0.2) is 8.42 Å². The number of benzene rings is 1. The maximum absolute atomic E-state index is 11.8. The SMILES string of the molecule is CCS(=O)(=O)c1ccc(N2CCCC(C(C)N)C2)cc1. The zero-order chi connectivity index (χ0) is 14.8. The lowest BCUT2D eigenvalue weighted by atomic mass is 9.92. The summed E-state index contributed by atoms with van der Waals surface area (Å²) < 4.78 is 23.6. The van der Waals surface area contributed by atoms with Crippen LogP contribution in [-0.4, -0.2) is 33.3 Å². The highest BCUT2D eigenvalue weighted by Crippen LogP contribution is 2.25. The minimum atomic E-state index is -3.11. The molecule has 1 aromatic rings. The predicted molar refractivity (Wildman–Crippen MR) is 82.8 cm³/mol. The molecule has 20 heavy (non-hydrogen) atoms. The topological polar surface area (TPSA) is 63.4 Å². The van der Waals surface area contributed by atoms with Crippen LogP contribution < -0.4 is 10.6 Å². The summed E-state index contributed by atoms with van der Waals surface area (Å²) in [7, 11) is -3.11. The van der Waals surface area contributed by atoms with Crippen molar-refractivity contribution >= 4 is 15.5 Å². The molecule has 0 amide bonds. The Hall–Kier alpha value is -1.07. The molecule has 1 aliphatic heterocycles. The van der Waals surface area contributed by atoms with Crippen molar-refractivity contribution in [2.24, 2.45) is 11.7 Å². The van der Waals surface area contributed by atoms with E-state index in [1.54, 1.807) is 19.1 Å². The molecule has 5 heteroatoms. The van der Waals surface area contributed by atoms with Crippen molar-refractivity contribution in [2.75, 3.05) is 23.7 Å². The Kier molecular flexibility index (Phi) is 4.70.